The summed E-state index contributed by atoms with van der Waals surface area (Å²) < 4.78 is 1.97. The monoisotopic (exact) mass is 266 g/mol. The number of rotatable bonds is 3. The van der Waals surface area contributed by atoms with Crippen molar-refractivity contribution < 1.29 is 0 Å². The van der Waals surface area contributed by atoms with E-state index in [0.29, 0.717) is 11.5 Å². The van der Waals surface area contributed by atoms with Gasteiger partial charge in [0.15, 0.2) is 0 Å². The zero-order valence-electron chi connectivity index (χ0n) is 11.8. The third kappa shape index (κ3) is 2.16. The van der Waals surface area contributed by atoms with E-state index in [1.54, 1.807) is 0 Å². The molecule has 102 valence electrons. The second-order valence-corrected chi connectivity index (χ2v) is 5.62. The minimum atomic E-state index is 0.601. The smallest absolute Gasteiger partial charge is 0.133 e. The minimum Gasteiger partial charge on any atom is -0.369 e. The molecule has 0 fully saturated rings. The van der Waals surface area contributed by atoms with Crippen LogP contribution in [0.25, 0.3) is 5.69 Å². The van der Waals surface area contributed by atoms with Crippen molar-refractivity contribution in [2.75, 3.05) is 11.9 Å². The van der Waals surface area contributed by atoms with Crippen molar-refractivity contribution in [3.05, 3.63) is 41.1 Å². The Morgan fingerprint density at radius 2 is 2.10 bits per heavy atom. The van der Waals surface area contributed by atoms with Gasteiger partial charge >= 0.3 is 0 Å². The topological polar surface area (TPSA) is 53.6 Å². The highest BCUT2D eigenvalue weighted by Gasteiger charge is 2.23. The quantitative estimate of drug-likeness (QED) is 0.929. The summed E-state index contributed by atoms with van der Waals surface area (Å²) in [6.45, 7) is 5.42. The van der Waals surface area contributed by atoms with E-state index in [-0.39, 0.29) is 0 Å². The summed E-state index contributed by atoms with van der Waals surface area (Å²) in [6, 6.07) is 9.71. The van der Waals surface area contributed by atoms with Crippen molar-refractivity contribution in [1.29, 1.82) is 5.26 Å². The van der Waals surface area contributed by atoms with Gasteiger partial charge in [0.25, 0.3) is 0 Å². The Labute approximate surface area is 119 Å². The van der Waals surface area contributed by atoms with Gasteiger partial charge in [-0.3, -0.25) is 0 Å². The van der Waals surface area contributed by atoms with E-state index in [1.165, 1.54) is 11.3 Å². The van der Waals surface area contributed by atoms with Crippen LogP contribution in [-0.2, 0) is 12.8 Å². The van der Waals surface area contributed by atoms with Crippen molar-refractivity contribution >= 4 is 5.82 Å². The number of nitrogens with zero attached hydrogens (tertiary/aromatic N) is 3. The van der Waals surface area contributed by atoms with Gasteiger partial charge in [0.05, 0.1) is 23.0 Å². The molecule has 0 spiro atoms. The molecule has 1 aromatic heterocycles. The number of hydrogen-bond donors (Lipinski definition) is 1. The molecule has 0 aliphatic carbocycles. The maximum Gasteiger partial charge on any atom is 0.133 e. The van der Waals surface area contributed by atoms with Gasteiger partial charge in [0.1, 0.15) is 5.82 Å². The van der Waals surface area contributed by atoms with Gasteiger partial charge in [-0.05, 0) is 43.0 Å². The summed E-state index contributed by atoms with van der Waals surface area (Å²) in [5.41, 5.74) is 4.23. The molecule has 4 heteroatoms. The fourth-order valence-electron chi connectivity index (χ4n) is 2.66. The first kappa shape index (κ1) is 12.7. The number of nitrogens with one attached hydrogen (secondary N) is 1. The molecule has 1 aliphatic rings. The predicted molar refractivity (Wildman–Crippen MR) is 79.0 cm³/mol. The average Bonchev–Trinajstić information content (AvgIpc) is 3.02. The molecule has 1 aromatic carbocycles. The van der Waals surface area contributed by atoms with E-state index < -0.39 is 0 Å². The predicted octanol–water partition coefficient (Wildman–Crippen LogP) is 2.91. The second-order valence-electron chi connectivity index (χ2n) is 5.62. The number of nitriles is 1. The Bertz CT molecular complexity index is 659. The lowest BCUT2D eigenvalue weighted by atomic mass is 10.0. The fourth-order valence-corrected chi connectivity index (χ4v) is 2.66. The number of benzene rings is 1. The van der Waals surface area contributed by atoms with Crippen LogP contribution < -0.4 is 5.32 Å². The standard InChI is InChI=1S/C16H18N4/c1-11(2)9-15-14-7-8-18-16(14)20(19-15)13-5-3-12(10-17)4-6-13/h3-6,11,18H,7-9H2,1-2H3. The summed E-state index contributed by atoms with van der Waals surface area (Å²) in [5.74, 6) is 1.72. The van der Waals surface area contributed by atoms with Crippen LogP contribution >= 0.6 is 0 Å². The Kier molecular flexibility index (Phi) is 3.19. The lowest BCUT2D eigenvalue weighted by Gasteiger charge is -2.06. The highest BCUT2D eigenvalue weighted by Crippen LogP contribution is 2.29. The average molecular weight is 266 g/mol. The first-order valence-corrected chi connectivity index (χ1v) is 7.04. The molecule has 1 aliphatic heterocycles. The van der Waals surface area contributed by atoms with E-state index in [1.807, 2.05) is 28.9 Å². The van der Waals surface area contributed by atoms with Crippen LogP contribution in [0.3, 0.4) is 0 Å². The highest BCUT2D eigenvalue weighted by molar-refractivity contribution is 5.57. The van der Waals surface area contributed by atoms with Gasteiger partial charge in [-0.25, -0.2) is 4.68 Å². The summed E-state index contributed by atoms with van der Waals surface area (Å²) >= 11 is 0. The van der Waals surface area contributed by atoms with Crippen molar-refractivity contribution in [2.45, 2.75) is 26.7 Å². The first-order valence-electron chi connectivity index (χ1n) is 7.04. The van der Waals surface area contributed by atoms with Crippen LogP contribution in [0, 0.1) is 17.2 Å². The molecule has 0 saturated heterocycles. The van der Waals surface area contributed by atoms with Gasteiger partial charge in [-0.15, -0.1) is 0 Å². The van der Waals surface area contributed by atoms with E-state index in [0.717, 1.165) is 30.9 Å². The Balaban J connectivity index is 2.03. The van der Waals surface area contributed by atoms with Crippen molar-refractivity contribution in [2.24, 2.45) is 5.92 Å². The third-order valence-electron chi connectivity index (χ3n) is 3.58. The normalized spacial score (nSPS) is 13.1. The van der Waals surface area contributed by atoms with Gasteiger partial charge in [0.2, 0.25) is 0 Å². The second kappa shape index (κ2) is 5.01. The highest BCUT2D eigenvalue weighted by atomic mass is 15.3. The number of aromatic nitrogens is 2. The first-order chi connectivity index (χ1) is 9.69. The van der Waals surface area contributed by atoms with E-state index in [9.17, 15) is 0 Å². The summed E-state index contributed by atoms with van der Waals surface area (Å²) in [4.78, 5) is 0. The third-order valence-corrected chi connectivity index (χ3v) is 3.58. The molecule has 4 nitrogen and oxygen atoms in total. The van der Waals surface area contributed by atoms with Gasteiger partial charge in [-0.2, -0.15) is 10.4 Å². The van der Waals surface area contributed by atoms with Crippen LogP contribution in [0.15, 0.2) is 24.3 Å². The number of anilines is 1. The Morgan fingerprint density at radius 1 is 1.35 bits per heavy atom. The van der Waals surface area contributed by atoms with E-state index >= 15 is 0 Å². The van der Waals surface area contributed by atoms with Crippen molar-refractivity contribution in [1.82, 2.24) is 9.78 Å². The molecule has 0 amide bonds. The molecule has 0 bridgehead atoms. The summed E-state index contributed by atoms with van der Waals surface area (Å²) in [6.07, 6.45) is 2.06. The van der Waals surface area contributed by atoms with Gasteiger partial charge < -0.3 is 5.32 Å². The van der Waals surface area contributed by atoms with Crippen LogP contribution in [-0.4, -0.2) is 16.3 Å². The van der Waals surface area contributed by atoms with Gasteiger partial charge in [-0.1, -0.05) is 13.8 Å². The lowest BCUT2D eigenvalue weighted by Crippen LogP contribution is -2.06. The molecule has 20 heavy (non-hydrogen) atoms. The summed E-state index contributed by atoms with van der Waals surface area (Å²) in [5, 5.41) is 17.1. The van der Waals surface area contributed by atoms with Crippen LogP contribution in [0.1, 0.15) is 30.7 Å². The molecular weight excluding hydrogens is 248 g/mol. The molecule has 2 aromatic rings. The largest absolute Gasteiger partial charge is 0.369 e. The minimum absolute atomic E-state index is 0.601. The van der Waals surface area contributed by atoms with E-state index in [4.69, 9.17) is 10.4 Å². The maximum atomic E-state index is 8.87. The molecule has 0 radical (unpaired) electrons. The Hall–Kier alpha value is -2.28. The van der Waals surface area contributed by atoms with Crippen LogP contribution in [0.2, 0.25) is 0 Å². The molecule has 1 N–H and O–H groups in total. The SMILES string of the molecule is CC(C)Cc1nn(-c2ccc(C#N)cc2)c2c1CCN2. The lowest BCUT2D eigenvalue weighted by molar-refractivity contribution is 0.624. The molecule has 0 unspecified atom stereocenters. The molecule has 3 rings (SSSR count). The number of fused-ring (bicyclic) bond motifs is 1. The molecule has 0 saturated carbocycles. The van der Waals surface area contributed by atoms with Crippen LogP contribution in [0.5, 0.6) is 0 Å². The summed E-state index contributed by atoms with van der Waals surface area (Å²) in [7, 11) is 0. The zero-order chi connectivity index (χ0) is 14.1. The van der Waals surface area contributed by atoms with E-state index in [2.05, 4.69) is 25.2 Å². The zero-order valence-corrected chi connectivity index (χ0v) is 11.8. The molecular formula is C16H18N4. The molecule has 2 heterocycles. The maximum absolute atomic E-state index is 8.87. The molecule has 0 atom stereocenters. The van der Waals surface area contributed by atoms with Crippen molar-refractivity contribution in [3.8, 4) is 11.8 Å². The van der Waals surface area contributed by atoms with Crippen molar-refractivity contribution in [3.63, 3.8) is 0 Å². The fraction of sp³-hybridized carbons (Fsp3) is 0.375. The number of hydrogen-bond acceptors (Lipinski definition) is 3. The van der Waals surface area contributed by atoms with Crippen LogP contribution in [0.4, 0.5) is 5.82 Å². The van der Waals surface area contributed by atoms with Gasteiger partial charge in [0, 0.05) is 12.1 Å². The Morgan fingerprint density at radius 3 is 2.75 bits per heavy atom.